The minimum absolute atomic E-state index is 0.229. The van der Waals surface area contributed by atoms with E-state index in [1.54, 1.807) is 0 Å². The van der Waals surface area contributed by atoms with E-state index in [4.69, 9.17) is 0 Å². The molecule has 0 aromatic heterocycles. The number of aliphatic hydroxyl groups is 1. The second kappa shape index (κ2) is 3.45. The van der Waals surface area contributed by atoms with Crippen molar-refractivity contribution < 1.29 is 5.11 Å². The third-order valence-electron chi connectivity index (χ3n) is 3.97. The van der Waals surface area contributed by atoms with Gasteiger partial charge in [-0.15, -0.1) is 0 Å². The van der Waals surface area contributed by atoms with Crippen LogP contribution in [0.4, 0.5) is 0 Å². The van der Waals surface area contributed by atoms with Gasteiger partial charge in [-0.3, -0.25) is 0 Å². The molecule has 0 radical (unpaired) electrons. The molecular weight excluding hydrogens is 160 g/mol. The summed E-state index contributed by atoms with van der Waals surface area (Å²) in [6.07, 6.45) is 11.0. The molecule has 0 heterocycles. The lowest BCUT2D eigenvalue weighted by Crippen LogP contribution is -2.34. The van der Waals surface area contributed by atoms with E-state index < -0.39 is 0 Å². The lowest BCUT2D eigenvalue weighted by molar-refractivity contribution is 0.0428. The number of rotatable bonds is 1. The molecule has 74 valence electrons. The molecule has 1 fully saturated rings. The summed E-state index contributed by atoms with van der Waals surface area (Å²) in [5.74, 6) is 1.78. The first-order valence-corrected chi connectivity index (χ1v) is 5.49. The Bertz CT molecular complexity index is 209. The van der Waals surface area contributed by atoms with Crippen molar-refractivity contribution in [3.8, 4) is 0 Å². The van der Waals surface area contributed by atoms with E-state index in [0.717, 1.165) is 11.8 Å². The first-order chi connectivity index (χ1) is 6.23. The Morgan fingerprint density at radius 2 is 2.00 bits per heavy atom. The van der Waals surface area contributed by atoms with Gasteiger partial charge in [0.15, 0.2) is 0 Å². The van der Waals surface area contributed by atoms with Crippen LogP contribution in [0.2, 0.25) is 0 Å². The lowest BCUT2D eigenvalue weighted by Gasteiger charge is -2.42. The minimum Gasteiger partial charge on any atom is -0.396 e. The van der Waals surface area contributed by atoms with E-state index >= 15 is 0 Å². The topological polar surface area (TPSA) is 20.2 Å². The van der Waals surface area contributed by atoms with Gasteiger partial charge in [0, 0.05) is 6.61 Å². The molecule has 0 amide bonds. The zero-order chi connectivity index (χ0) is 9.31. The lowest BCUT2D eigenvalue weighted by atomic mass is 9.63. The van der Waals surface area contributed by atoms with Gasteiger partial charge >= 0.3 is 0 Å². The molecule has 0 saturated heterocycles. The molecule has 1 heteroatoms. The summed E-state index contributed by atoms with van der Waals surface area (Å²) in [6.45, 7) is 2.61. The van der Waals surface area contributed by atoms with Crippen LogP contribution in [0.3, 0.4) is 0 Å². The van der Waals surface area contributed by atoms with Crippen molar-refractivity contribution in [1.82, 2.24) is 0 Å². The van der Waals surface area contributed by atoms with Crippen LogP contribution in [-0.4, -0.2) is 11.7 Å². The normalized spacial score (nSPS) is 44.5. The van der Waals surface area contributed by atoms with Crippen LogP contribution in [0.5, 0.6) is 0 Å². The van der Waals surface area contributed by atoms with Gasteiger partial charge < -0.3 is 5.11 Å². The maximum absolute atomic E-state index is 9.32. The average Bonchev–Trinajstić information content (AvgIpc) is 2.18. The third-order valence-corrected chi connectivity index (χ3v) is 3.97. The largest absolute Gasteiger partial charge is 0.396 e. The summed E-state index contributed by atoms with van der Waals surface area (Å²) in [5.41, 5.74) is 0.229. The van der Waals surface area contributed by atoms with E-state index in [1.807, 2.05) is 0 Å². The molecule has 2 rings (SSSR count). The number of hydrogen-bond acceptors (Lipinski definition) is 1. The zero-order valence-electron chi connectivity index (χ0n) is 8.50. The van der Waals surface area contributed by atoms with E-state index in [-0.39, 0.29) is 5.41 Å². The molecule has 0 bridgehead atoms. The summed E-state index contributed by atoms with van der Waals surface area (Å²) in [6, 6.07) is 0. The van der Waals surface area contributed by atoms with Crippen molar-refractivity contribution in [2.45, 2.75) is 39.0 Å². The molecule has 1 N–H and O–H groups in total. The fraction of sp³-hybridized carbons (Fsp3) is 0.833. The Kier molecular flexibility index (Phi) is 2.46. The zero-order valence-corrected chi connectivity index (χ0v) is 8.50. The summed E-state index contributed by atoms with van der Waals surface area (Å²) < 4.78 is 0. The molecule has 3 unspecified atom stereocenters. The van der Waals surface area contributed by atoms with Gasteiger partial charge in [0.1, 0.15) is 0 Å². The first-order valence-electron chi connectivity index (χ1n) is 5.49. The van der Waals surface area contributed by atoms with E-state index in [0.29, 0.717) is 6.61 Å². The van der Waals surface area contributed by atoms with Crippen molar-refractivity contribution in [1.29, 1.82) is 0 Å². The molecular formula is C12H20O. The molecule has 0 spiro atoms. The molecule has 2 aliphatic rings. The SMILES string of the molecule is CC1(CO)CCC2CC=CCC2C1. The number of allylic oxidation sites excluding steroid dienone is 2. The summed E-state index contributed by atoms with van der Waals surface area (Å²) in [5, 5.41) is 9.32. The maximum atomic E-state index is 9.32. The number of hydrogen-bond donors (Lipinski definition) is 1. The molecule has 2 aliphatic carbocycles. The summed E-state index contributed by atoms with van der Waals surface area (Å²) >= 11 is 0. The average molecular weight is 180 g/mol. The van der Waals surface area contributed by atoms with Crippen LogP contribution in [-0.2, 0) is 0 Å². The van der Waals surface area contributed by atoms with Gasteiger partial charge in [-0.05, 0) is 49.4 Å². The highest BCUT2D eigenvalue weighted by atomic mass is 16.3. The van der Waals surface area contributed by atoms with Gasteiger partial charge in [0.05, 0.1) is 0 Å². The number of fused-ring (bicyclic) bond motifs is 1. The first kappa shape index (κ1) is 9.26. The second-order valence-corrected chi connectivity index (χ2v) is 5.17. The van der Waals surface area contributed by atoms with Crippen molar-refractivity contribution >= 4 is 0 Å². The van der Waals surface area contributed by atoms with Crippen molar-refractivity contribution in [2.24, 2.45) is 17.3 Å². The third kappa shape index (κ3) is 1.80. The molecule has 1 saturated carbocycles. The number of aliphatic hydroxyl groups excluding tert-OH is 1. The molecule has 13 heavy (non-hydrogen) atoms. The van der Waals surface area contributed by atoms with Gasteiger partial charge in [-0.2, -0.15) is 0 Å². The maximum Gasteiger partial charge on any atom is 0.0484 e. The Labute approximate surface area is 80.8 Å². The van der Waals surface area contributed by atoms with Gasteiger partial charge in [0.2, 0.25) is 0 Å². The fourth-order valence-electron chi connectivity index (χ4n) is 2.94. The van der Waals surface area contributed by atoms with E-state index in [9.17, 15) is 5.11 Å². The molecule has 3 atom stereocenters. The van der Waals surface area contributed by atoms with Crippen LogP contribution in [0, 0.1) is 17.3 Å². The van der Waals surface area contributed by atoms with Crippen molar-refractivity contribution in [2.75, 3.05) is 6.61 Å². The van der Waals surface area contributed by atoms with Gasteiger partial charge in [-0.25, -0.2) is 0 Å². The quantitative estimate of drug-likeness (QED) is 0.615. The van der Waals surface area contributed by atoms with Crippen molar-refractivity contribution in [3.05, 3.63) is 12.2 Å². The Hall–Kier alpha value is -0.300. The molecule has 1 nitrogen and oxygen atoms in total. The Balaban J connectivity index is 2.03. The monoisotopic (exact) mass is 180 g/mol. The highest BCUT2D eigenvalue weighted by molar-refractivity contribution is 4.99. The summed E-state index contributed by atoms with van der Waals surface area (Å²) in [7, 11) is 0. The molecule has 0 aromatic carbocycles. The van der Waals surface area contributed by atoms with Crippen LogP contribution < -0.4 is 0 Å². The van der Waals surface area contributed by atoms with Crippen LogP contribution in [0.1, 0.15) is 39.0 Å². The molecule has 0 aliphatic heterocycles. The summed E-state index contributed by atoms with van der Waals surface area (Å²) in [4.78, 5) is 0. The minimum atomic E-state index is 0.229. The van der Waals surface area contributed by atoms with Gasteiger partial charge in [0.25, 0.3) is 0 Å². The molecule has 0 aromatic rings. The predicted octanol–water partition coefficient (Wildman–Crippen LogP) is 2.75. The highest BCUT2D eigenvalue weighted by Gasteiger charge is 2.36. The second-order valence-electron chi connectivity index (χ2n) is 5.17. The smallest absolute Gasteiger partial charge is 0.0484 e. The van der Waals surface area contributed by atoms with Gasteiger partial charge in [-0.1, -0.05) is 19.1 Å². The standard InChI is InChI=1S/C12H20O/c1-12(9-13)7-6-10-4-2-3-5-11(10)8-12/h2-3,10-11,13H,4-9H2,1H3. The van der Waals surface area contributed by atoms with Crippen LogP contribution in [0.15, 0.2) is 12.2 Å². The Morgan fingerprint density at radius 3 is 2.69 bits per heavy atom. The Morgan fingerprint density at radius 1 is 1.31 bits per heavy atom. The van der Waals surface area contributed by atoms with Crippen LogP contribution in [0.25, 0.3) is 0 Å². The van der Waals surface area contributed by atoms with Crippen LogP contribution >= 0.6 is 0 Å². The van der Waals surface area contributed by atoms with E-state index in [1.165, 1.54) is 32.1 Å². The fourth-order valence-corrected chi connectivity index (χ4v) is 2.94. The van der Waals surface area contributed by atoms with E-state index in [2.05, 4.69) is 19.1 Å². The van der Waals surface area contributed by atoms with Crippen molar-refractivity contribution in [3.63, 3.8) is 0 Å². The highest BCUT2D eigenvalue weighted by Crippen LogP contribution is 2.46. The predicted molar refractivity (Wildman–Crippen MR) is 54.4 cm³/mol.